The lowest BCUT2D eigenvalue weighted by molar-refractivity contribution is 0.0679. The van der Waals surface area contributed by atoms with Crippen molar-refractivity contribution in [1.82, 2.24) is 10.2 Å². The van der Waals surface area contributed by atoms with Crippen molar-refractivity contribution in [3.63, 3.8) is 0 Å². The first-order valence-electron chi connectivity index (χ1n) is 6.50. The summed E-state index contributed by atoms with van der Waals surface area (Å²) in [6.07, 6.45) is 1.05. The molecule has 4 nitrogen and oxygen atoms in total. The molecule has 0 spiro atoms. The fourth-order valence-electron chi connectivity index (χ4n) is 3.31. The van der Waals surface area contributed by atoms with Gasteiger partial charge in [0.2, 0.25) is 0 Å². The predicted octanol–water partition coefficient (Wildman–Crippen LogP) is 1.21. The maximum atomic E-state index is 12.6. The number of hydrogen-bond donors (Lipinski definition) is 2. The number of carbonyl (C=O) groups is 1. The van der Waals surface area contributed by atoms with Gasteiger partial charge in [-0.25, -0.2) is 0 Å². The summed E-state index contributed by atoms with van der Waals surface area (Å²) in [5.74, 6) is 0.593. The van der Waals surface area contributed by atoms with Crippen LogP contribution in [0.4, 0.5) is 0 Å². The maximum absolute atomic E-state index is 12.6. The fraction of sp³-hybridized carbons (Fsp3) is 0.500. The SMILES string of the molecule is CC1CC2CNCC2N1C(=O)c1ccccc1O. The summed E-state index contributed by atoms with van der Waals surface area (Å²) >= 11 is 0. The van der Waals surface area contributed by atoms with Crippen molar-refractivity contribution in [2.75, 3.05) is 13.1 Å². The molecule has 3 unspecified atom stereocenters. The van der Waals surface area contributed by atoms with Gasteiger partial charge in [-0.2, -0.15) is 0 Å². The highest BCUT2D eigenvalue weighted by atomic mass is 16.3. The molecule has 3 atom stereocenters. The molecule has 2 heterocycles. The molecular weight excluding hydrogens is 228 g/mol. The summed E-state index contributed by atoms with van der Waals surface area (Å²) in [5, 5.41) is 13.1. The van der Waals surface area contributed by atoms with Gasteiger partial charge in [-0.05, 0) is 31.4 Å². The van der Waals surface area contributed by atoms with Gasteiger partial charge in [0.05, 0.1) is 5.56 Å². The predicted molar refractivity (Wildman–Crippen MR) is 68.5 cm³/mol. The van der Waals surface area contributed by atoms with E-state index in [1.54, 1.807) is 24.3 Å². The molecule has 96 valence electrons. The lowest BCUT2D eigenvalue weighted by Crippen LogP contribution is -2.42. The summed E-state index contributed by atoms with van der Waals surface area (Å²) in [4.78, 5) is 14.5. The van der Waals surface area contributed by atoms with Crippen LogP contribution in [0.15, 0.2) is 24.3 Å². The summed E-state index contributed by atoms with van der Waals surface area (Å²) in [5.41, 5.74) is 0.414. The molecule has 0 aromatic heterocycles. The number of hydrogen-bond acceptors (Lipinski definition) is 3. The van der Waals surface area contributed by atoms with Crippen LogP contribution in [0.3, 0.4) is 0 Å². The molecule has 2 N–H and O–H groups in total. The Morgan fingerprint density at radius 1 is 1.39 bits per heavy atom. The van der Waals surface area contributed by atoms with E-state index in [0.29, 0.717) is 11.5 Å². The van der Waals surface area contributed by atoms with E-state index in [4.69, 9.17) is 0 Å². The third kappa shape index (κ3) is 1.68. The van der Waals surface area contributed by atoms with E-state index in [1.807, 2.05) is 4.90 Å². The lowest BCUT2D eigenvalue weighted by Gasteiger charge is -2.28. The summed E-state index contributed by atoms with van der Waals surface area (Å²) in [7, 11) is 0. The molecule has 1 amide bonds. The maximum Gasteiger partial charge on any atom is 0.258 e. The van der Waals surface area contributed by atoms with Crippen molar-refractivity contribution < 1.29 is 9.90 Å². The van der Waals surface area contributed by atoms with Crippen molar-refractivity contribution in [3.8, 4) is 5.75 Å². The van der Waals surface area contributed by atoms with E-state index in [-0.39, 0.29) is 23.7 Å². The van der Waals surface area contributed by atoms with E-state index in [1.165, 1.54) is 0 Å². The molecule has 0 bridgehead atoms. The van der Waals surface area contributed by atoms with Crippen LogP contribution in [0, 0.1) is 5.92 Å². The normalized spacial score (nSPS) is 30.5. The number of nitrogens with one attached hydrogen (secondary N) is 1. The van der Waals surface area contributed by atoms with Crippen LogP contribution in [0.5, 0.6) is 5.75 Å². The molecule has 1 aromatic rings. The van der Waals surface area contributed by atoms with Gasteiger partial charge in [0.25, 0.3) is 5.91 Å². The Labute approximate surface area is 107 Å². The third-order valence-corrected chi connectivity index (χ3v) is 4.15. The smallest absolute Gasteiger partial charge is 0.258 e. The minimum Gasteiger partial charge on any atom is -0.507 e. The molecule has 2 aliphatic rings. The third-order valence-electron chi connectivity index (χ3n) is 4.15. The van der Waals surface area contributed by atoms with Crippen molar-refractivity contribution >= 4 is 5.91 Å². The van der Waals surface area contributed by atoms with E-state index in [2.05, 4.69) is 12.2 Å². The molecule has 0 aliphatic carbocycles. The zero-order valence-electron chi connectivity index (χ0n) is 10.5. The minimum absolute atomic E-state index is 0.0446. The van der Waals surface area contributed by atoms with Crippen LogP contribution < -0.4 is 5.32 Å². The number of aromatic hydroxyl groups is 1. The van der Waals surface area contributed by atoms with Gasteiger partial charge in [0.1, 0.15) is 5.75 Å². The second-order valence-corrected chi connectivity index (χ2v) is 5.30. The first kappa shape index (κ1) is 11.5. The molecule has 2 fully saturated rings. The van der Waals surface area contributed by atoms with E-state index in [9.17, 15) is 9.90 Å². The molecule has 1 aromatic carbocycles. The first-order valence-corrected chi connectivity index (χ1v) is 6.50. The Kier molecular flexibility index (Phi) is 2.74. The largest absolute Gasteiger partial charge is 0.507 e. The summed E-state index contributed by atoms with van der Waals surface area (Å²) < 4.78 is 0. The number of phenolic OH excluding ortho intramolecular Hbond substituents is 1. The lowest BCUT2D eigenvalue weighted by atomic mass is 10.0. The summed E-state index contributed by atoms with van der Waals surface area (Å²) in [6.45, 7) is 3.96. The summed E-state index contributed by atoms with van der Waals surface area (Å²) in [6, 6.07) is 7.33. The van der Waals surface area contributed by atoms with Crippen molar-refractivity contribution in [2.24, 2.45) is 5.92 Å². The van der Waals surface area contributed by atoms with E-state index < -0.39 is 0 Å². The average molecular weight is 246 g/mol. The molecule has 3 rings (SSSR count). The van der Waals surface area contributed by atoms with Crippen LogP contribution in [0.1, 0.15) is 23.7 Å². The minimum atomic E-state index is -0.0446. The van der Waals surface area contributed by atoms with Gasteiger partial charge in [0.15, 0.2) is 0 Å². The van der Waals surface area contributed by atoms with Crippen LogP contribution in [-0.2, 0) is 0 Å². The van der Waals surface area contributed by atoms with Gasteiger partial charge in [-0.15, -0.1) is 0 Å². The first-order chi connectivity index (χ1) is 8.68. The van der Waals surface area contributed by atoms with E-state index >= 15 is 0 Å². The Morgan fingerprint density at radius 3 is 2.94 bits per heavy atom. The van der Waals surface area contributed by atoms with Gasteiger partial charge >= 0.3 is 0 Å². The molecule has 4 heteroatoms. The van der Waals surface area contributed by atoms with Gasteiger partial charge in [-0.1, -0.05) is 12.1 Å². The molecule has 0 saturated carbocycles. The van der Waals surface area contributed by atoms with Gasteiger partial charge in [0, 0.05) is 25.2 Å². The number of benzene rings is 1. The fourth-order valence-corrected chi connectivity index (χ4v) is 3.31. The Balaban J connectivity index is 1.90. The molecule has 0 radical (unpaired) electrons. The number of amides is 1. The topological polar surface area (TPSA) is 52.6 Å². The van der Waals surface area contributed by atoms with Crippen molar-refractivity contribution in [3.05, 3.63) is 29.8 Å². The van der Waals surface area contributed by atoms with E-state index in [0.717, 1.165) is 19.5 Å². The Bertz CT molecular complexity index is 475. The number of likely N-dealkylation sites (tertiary alicyclic amines) is 1. The van der Waals surface area contributed by atoms with Crippen molar-refractivity contribution in [1.29, 1.82) is 0 Å². The highest BCUT2D eigenvalue weighted by molar-refractivity contribution is 5.97. The van der Waals surface area contributed by atoms with Crippen LogP contribution >= 0.6 is 0 Å². The van der Waals surface area contributed by atoms with Gasteiger partial charge in [-0.3, -0.25) is 4.79 Å². The van der Waals surface area contributed by atoms with Crippen LogP contribution in [-0.4, -0.2) is 41.1 Å². The average Bonchev–Trinajstić information content (AvgIpc) is 2.88. The molecule has 2 saturated heterocycles. The van der Waals surface area contributed by atoms with Crippen LogP contribution in [0.2, 0.25) is 0 Å². The second-order valence-electron chi connectivity index (χ2n) is 5.30. The Hall–Kier alpha value is -1.55. The Morgan fingerprint density at radius 2 is 2.17 bits per heavy atom. The van der Waals surface area contributed by atoms with Gasteiger partial charge < -0.3 is 15.3 Å². The molecular formula is C14H18N2O2. The molecule has 18 heavy (non-hydrogen) atoms. The number of phenols is 1. The zero-order chi connectivity index (χ0) is 12.7. The monoisotopic (exact) mass is 246 g/mol. The molecule has 2 aliphatic heterocycles. The zero-order valence-corrected chi connectivity index (χ0v) is 10.5. The number of fused-ring (bicyclic) bond motifs is 1. The number of nitrogens with zero attached hydrogens (tertiary/aromatic N) is 1. The van der Waals surface area contributed by atoms with Crippen LogP contribution in [0.25, 0.3) is 0 Å². The highest BCUT2D eigenvalue weighted by Gasteiger charge is 2.44. The highest BCUT2D eigenvalue weighted by Crippen LogP contribution is 2.34. The number of rotatable bonds is 1. The number of para-hydroxylation sites is 1. The number of carbonyl (C=O) groups excluding carboxylic acids is 1. The standard InChI is InChI=1S/C14H18N2O2/c1-9-6-10-7-15-8-12(10)16(9)14(18)11-4-2-3-5-13(11)17/h2-5,9-10,12,15,17H,6-8H2,1H3. The quantitative estimate of drug-likeness (QED) is 0.783. The van der Waals surface area contributed by atoms with Crippen molar-refractivity contribution in [2.45, 2.75) is 25.4 Å². The second kappa shape index (κ2) is 4.28.